The molecule has 0 aromatic rings. The van der Waals surface area contributed by atoms with Crippen LogP contribution in [0.5, 0.6) is 0 Å². The van der Waals surface area contributed by atoms with Gasteiger partial charge in [-0.25, -0.2) is 0 Å². The van der Waals surface area contributed by atoms with Gasteiger partial charge in [-0.3, -0.25) is 0 Å². The summed E-state index contributed by atoms with van der Waals surface area (Å²) in [7, 11) is 0.684. The van der Waals surface area contributed by atoms with E-state index in [1.807, 2.05) is 0 Å². The SMILES string of the molecule is CCC[Si]OC(C)(C)C. The van der Waals surface area contributed by atoms with E-state index in [2.05, 4.69) is 27.7 Å². The Bertz CT molecular complexity index is 65.8. The molecule has 0 aliphatic carbocycles. The highest BCUT2D eigenvalue weighted by Gasteiger charge is 2.08. The van der Waals surface area contributed by atoms with Gasteiger partial charge in [-0.15, -0.1) is 0 Å². The molecule has 0 saturated heterocycles. The standard InChI is InChI=1S/C7H16OSi/c1-5-6-9-8-7(2,3)4/h5-6H2,1-4H3. The Balaban J connectivity index is 3.07. The van der Waals surface area contributed by atoms with Crippen molar-refractivity contribution in [1.82, 2.24) is 0 Å². The van der Waals surface area contributed by atoms with Gasteiger partial charge in [0.05, 0.1) is 0 Å². The number of hydrogen-bond acceptors (Lipinski definition) is 1. The first-order valence-corrected chi connectivity index (χ1v) is 4.58. The van der Waals surface area contributed by atoms with Crippen LogP contribution in [0.15, 0.2) is 0 Å². The second-order valence-electron chi connectivity index (χ2n) is 3.11. The lowest BCUT2D eigenvalue weighted by Gasteiger charge is -2.18. The van der Waals surface area contributed by atoms with E-state index in [0.717, 1.165) is 0 Å². The summed E-state index contributed by atoms with van der Waals surface area (Å²) in [4.78, 5) is 0. The van der Waals surface area contributed by atoms with Crippen molar-refractivity contribution in [2.45, 2.75) is 45.8 Å². The summed E-state index contributed by atoms with van der Waals surface area (Å²) >= 11 is 0. The molecule has 54 valence electrons. The highest BCUT2D eigenvalue weighted by Crippen LogP contribution is 2.05. The fraction of sp³-hybridized carbons (Fsp3) is 1.00. The van der Waals surface area contributed by atoms with Gasteiger partial charge in [0.15, 0.2) is 0 Å². The smallest absolute Gasteiger partial charge is 0.230 e. The van der Waals surface area contributed by atoms with Crippen LogP contribution in [0.3, 0.4) is 0 Å². The summed E-state index contributed by atoms with van der Waals surface area (Å²) in [6, 6.07) is 1.21. The Morgan fingerprint density at radius 3 is 2.22 bits per heavy atom. The zero-order valence-electron chi connectivity index (χ0n) is 6.82. The van der Waals surface area contributed by atoms with E-state index in [0.29, 0.717) is 9.76 Å². The van der Waals surface area contributed by atoms with Gasteiger partial charge in [0.25, 0.3) is 0 Å². The molecule has 2 radical (unpaired) electrons. The second kappa shape index (κ2) is 4.07. The molecule has 0 rings (SSSR count). The van der Waals surface area contributed by atoms with Crippen molar-refractivity contribution in [3.8, 4) is 0 Å². The predicted molar refractivity (Wildman–Crippen MR) is 41.7 cm³/mol. The molecule has 0 unspecified atom stereocenters. The Hall–Kier alpha value is 0.177. The Kier molecular flexibility index (Phi) is 4.15. The maximum atomic E-state index is 5.50. The molecule has 0 aromatic heterocycles. The van der Waals surface area contributed by atoms with Crippen LogP contribution in [0.2, 0.25) is 6.04 Å². The van der Waals surface area contributed by atoms with Crippen LogP contribution in [0, 0.1) is 0 Å². The summed E-state index contributed by atoms with van der Waals surface area (Å²) in [6.07, 6.45) is 1.23. The van der Waals surface area contributed by atoms with Gasteiger partial charge < -0.3 is 4.43 Å². The Morgan fingerprint density at radius 1 is 1.33 bits per heavy atom. The van der Waals surface area contributed by atoms with Crippen LogP contribution in [-0.4, -0.2) is 15.4 Å². The number of rotatable bonds is 3. The topological polar surface area (TPSA) is 9.23 Å². The van der Waals surface area contributed by atoms with E-state index in [9.17, 15) is 0 Å². The largest absolute Gasteiger partial charge is 0.413 e. The molecule has 0 aliphatic heterocycles. The van der Waals surface area contributed by atoms with Crippen molar-refractivity contribution < 1.29 is 4.43 Å². The zero-order valence-corrected chi connectivity index (χ0v) is 7.82. The van der Waals surface area contributed by atoms with Gasteiger partial charge in [-0.05, 0) is 26.8 Å². The van der Waals surface area contributed by atoms with Crippen molar-refractivity contribution in [3.05, 3.63) is 0 Å². The van der Waals surface area contributed by atoms with Gasteiger partial charge in [0.1, 0.15) is 0 Å². The molecule has 0 bridgehead atoms. The molecular weight excluding hydrogens is 128 g/mol. The van der Waals surface area contributed by atoms with Crippen LogP contribution in [0.1, 0.15) is 34.1 Å². The average Bonchev–Trinajstić information content (AvgIpc) is 1.63. The summed E-state index contributed by atoms with van der Waals surface area (Å²) in [5, 5.41) is 0. The van der Waals surface area contributed by atoms with Crippen molar-refractivity contribution in [2.75, 3.05) is 0 Å². The lowest BCUT2D eigenvalue weighted by molar-refractivity contribution is 0.138. The quantitative estimate of drug-likeness (QED) is 0.436. The highest BCUT2D eigenvalue weighted by molar-refractivity contribution is 6.27. The van der Waals surface area contributed by atoms with Crippen molar-refractivity contribution in [2.24, 2.45) is 0 Å². The lowest BCUT2D eigenvalue weighted by atomic mass is 10.2. The molecule has 9 heavy (non-hydrogen) atoms. The summed E-state index contributed by atoms with van der Waals surface area (Å²) in [5.74, 6) is 0. The summed E-state index contributed by atoms with van der Waals surface area (Å²) in [5.41, 5.74) is 0.0631. The Labute approximate surface area is 60.7 Å². The van der Waals surface area contributed by atoms with Crippen LogP contribution < -0.4 is 0 Å². The molecule has 0 saturated carbocycles. The number of hydrogen-bond donors (Lipinski definition) is 0. The minimum atomic E-state index is 0.0631. The molecule has 0 amide bonds. The summed E-state index contributed by atoms with van der Waals surface area (Å²) in [6.45, 7) is 8.46. The molecule has 0 N–H and O–H groups in total. The molecular formula is C7H16OSi. The fourth-order valence-electron chi connectivity index (χ4n) is 0.370. The molecule has 1 nitrogen and oxygen atoms in total. The second-order valence-corrected chi connectivity index (χ2v) is 4.10. The predicted octanol–water partition coefficient (Wildman–Crippen LogP) is 2.25. The maximum Gasteiger partial charge on any atom is 0.230 e. The third kappa shape index (κ3) is 8.18. The van der Waals surface area contributed by atoms with E-state index in [1.165, 1.54) is 12.5 Å². The first kappa shape index (κ1) is 9.18. The fourth-order valence-corrected chi connectivity index (χ4v) is 1.11. The molecule has 0 aliphatic rings. The van der Waals surface area contributed by atoms with Gasteiger partial charge in [0.2, 0.25) is 9.76 Å². The van der Waals surface area contributed by atoms with Crippen LogP contribution in [0.4, 0.5) is 0 Å². The van der Waals surface area contributed by atoms with Gasteiger partial charge >= 0.3 is 0 Å². The van der Waals surface area contributed by atoms with E-state index in [1.54, 1.807) is 0 Å². The Morgan fingerprint density at radius 2 is 1.89 bits per heavy atom. The first-order valence-electron chi connectivity index (χ1n) is 3.47. The van der Waals surface area contributed by atoms with Crippen LogP contribution in [-0.2, 0) is 4.43 Å². The maximum absolute atomic E-state index is 5.50. The van der Waals surface area contributed by atoms with E-state index in [-0.39, 0.29) is 5.60 Å². The lowest BCUT2D eigenvalue weighted by Crippen LogP contribution is -2.21. The van der Waals surface area contributed by atoms with Crippen molar-refractivity contribution in [1.29, 1.82) is 0 Å². The zero-order chi connectivity index (χ0) is 7.33. The molecule has 0 heterocycles. The monoisotopic (exact) mass is 144 g/mol. The minimum Gasteiger partial charge on any atom is -0.413 e. The van der Waals surface area contributed by atoms with E-state index in [4.69, 9.17) is 4.43 Å². The van der Waals surface area contributed by atoms with Gasteiger partial charge in [0, 0.05) is 5.60 Å². The van der Waals surface area contributed by atoms with Gasteiger partial charge in [-0.2, -0.15) is 0 Å². The van der Waals surface area contributed by atoms with E-state index >= 15 is 0 Å². The van der Waals surface area contributed by atoms with Gasteiger partial charge in [-0.1, -0.05) is 13.3 Å². The third-order valence-corrected chi connectivity index (χ3v) is 2.19. The first-order chi connectivity index (χ1) is 4.06. The average molecular weight is 144 g/mol. The third-order valence-electron chi connectivity index (χ3n) is 0.730. The van der Waals surface area contributed by atoms with Crippen molar-refractivity contribution >= 4 is 9.76 Å². The van der Waals surface area contributed by atoms with Crippen LogP contribution >= 0.6 is 0 Å². The minimum absolute atomic E-state index is 0.0631. The van der Waals surface area contributed by atoms with E-state index < -0.39 is 0 Å². The molecule has 0 atom stereocenters. The highest BCUT2D eigenvalue weighted by atomic mass is 28.2. The van der Waals surface area contributed by atoms with Crippen molar-refractivity contribution in [3.63, 3.8) is 0 Å². The molecule has 2 heteroatoms. The summed E-state index contributed by atoms with van der Waals surface area (Å²) < 4.78 is 5.50. The molecule has 0 aromatic carbocycles. The van der Waals surface area contributed by atoms with Crippen LogP contribution in [0.25, 0.3) is 0 Å². The molecule has 0 fully saturated rings. The normalized spacial score (nSPS) is 12.0. The molecule has 0 spiro atoms.